The van der Waals surface area contributed by atoms with Crippen LogP contribution in [0.15, 0.2) is 103 Å². The summed E-state index contributed by atoms with van der Waals surface area (Å²) < 4.78 is 0. The van der Waals surface area contributed by atoms with Crippen molar-refractivity contribution in [3.05, 3.63) is 120 Å². The molecule has 0 bridgehead atoms. The Morgan fingerprint density at radius 1 is 0.793 bits per heavy atom. The number of rotatable bonds is 9. The predicted octanol–water partition coefficient (Wildman–Crippen LogP) is 5.33. The number of hydrogen-bond acceptors (Lipinski definition) is 2. The number of aliphatic carboxylic acids is 1. The molecular weight excluding hydrogens is 358 g/mol. The molecule has 0 aliphatic rings. The van der Waals surface area contributed by atoms with Gasteiger partial charge in [-0.25, -0.2) is 4.79 Å². The fourth-order valence-electron chi connectivity index (χ4n) is 3.34. The summed E-state index contributed by atoms with van der Waals surface area (Å²) in [7, 11) is 0. The fraction of sp³-hybridized carbons (Fsp3) is 0.192. The first-order valence-electron chi connectivity index (χ1n) is 9.86. The van der Waals surface area contributed by atoms with Crippen molar-refractivity contribution in [3.63, 3.8) is 0 Å². The molecule has 0 heterocycles. The molecule has 1 unspecified atom stereocenters. The molecule has 1 N–H and O–H groups in total. The topological polar surface area (TPSA) is 40.5 Å². The summed E-state index contributed by atoms with van der Waals surface area (Å²) >= 11 is 0. The van der Waals surface area contributed by atoms with Gasteiger partial charge in [-0.05, 0) is 30.0 Å². The monoisotopic (exact) mass is 385 g/mol. The molecule has 0 fully saturated rings. The highest BCUT2D eigenvalue weighted by Crippen LogP contribution is 2.24. The lowest BCUT2D eigenvalue weighted by Crippen LogP contribution is -2.50. The van der Waals surface area contributed by atoms with Crippen LogP contribution in [-0.2, 0) is 24.3 Å². The summed E-state index contributed by atoms with van der Waals surface area (Å²) in [6.45, 7) is 2.88. The van der Waals surface area contributed by atoms with E-state index in [1.165, 1.54) is 0 Å². The molecule has 0 aromatic heterocycles. The van der Waals surface area contributed by atoms with Crippen molar-refractivity contribution in [2.45, 2.75) is 32.0 Å². The highest BCUT2D eigenvalue weighted by Gasteiger charge is 2.37. The fourth-order valence-corrected chi connectivity index (χ4v) is 3.34. The van der Waals surface area contributed by atoms with Gasteiger partial charge in [0.1, 0.15) is 5.54 Å². The zero-order valence-corrected chi connectivity index (χ0v) is 16.7. The SMILES string of the molecule is CC(/C=C/Cc1ccccc1)(C(=O)O)N(Cc1ccccc1)Cc1ccccc1. The number of benzene rings is 3. The Kier molecular flexibility index (Phi) is 6.99. The van der Waals surface area contributed by atoms with Gasteiger partial charge in [0.2, 0.25) is 0 Å². The Hall–Kier alpha value is -3.17. The van der Waals surface area contributed by atoms with Crippen molar-refractivity contribution in [3.8, 4) is 0 Å². The van der Waals surface area contributed by atoms with Crippen molar-refractivity contribution < 1.29 is 9.90 Å². The van der Waals surface area contributed by atoms with E-state index in [1.807, 2.05) is 108 Å². The normalized spacial score (nSPS) is 13.4. The first-order chi connectivity index (χ1) is 14.1. The van der Waals surface area contributed by atoms with Crippen LogP contribution in [0.5, 0.6) is 0 Å². The highest BCUT2D eigenvalue weighted by atomic mass is 16.4. The van der Waals surface area contributed by atoms with Crippen LogP contribution in [0.2, 0.25) is 0 Å². The van der Waals surface area contributed by atoms with Gasteiger partial charge in [0.25, 0.3) is 0 Å². The standard InChI is InChI=1S/C26H27NO2/c1-26(25(28)29,19-11-18-22-12-5-2-6-13-22)27(20-23-14-7-3-8-15-23)21-24-16-9-4-10-17-24/h2-17,19H,18,20-21H2,1H3,(H,28,29)/b19-11+. The first-order valence-corrected chi connectivity index (χ1v) is 9.86. The van der Waals surface area contributed by atoms with E-state index in [4.69, 9.17) is 0 Å². The van der Waals surface area contributed by atoms with E-state index in [0.717, 1.165) is 16.7 Å². The molecule has 0 radical (unpaired) electrons. The third-order valence-electron chi connectivity index (χ3n) is 5.16. The Morgan fingerprint density at radius 3 is 1.62 bits per heavy atom. The van der Waals surface area contributed by atoms with Gasteiger partial charge in [-0.2, -0.15) is 0 Å². The Balaban J connectivity index is 1.88. The van der Waals surface area contributed by atoms with E-state index in [0.29, 0.717) is 19.5 Å². The predicted molar refractivity (Wildman–Crippen MR) is 117 cm³/mol. The number of nitrogens with zero attached hydrogens (tertiary/aromatic N) is 1. The van der Waals surface area contributed by atoms with E-state index in [-0.39, 0.29) is 0 Å². The van der Waals surface area contributed by atoms with Gasteiger partial charge in [-0.3, -0.25) is 4.90 Å². The van der Waals surface area contributed by atoms with Crippen LogP contribution in [0, 0.1) is 0 Å². The molecule has 0 amide bonds. The minimum absolute atomic E-state index is 0.550. The van der Waals surface area contributed by atoms with Crippen molar-refractivity contribution in [2.75, 3.05) is 0 Å². The lowest BCUT2D eigenvalue weighted by molar-refractivity contribution is -0.148. The number of carbonyl (C=O) groups is 1. The largest absolute Gasteiger partial charge is 0.480 e. The van der Waals surface area contributed by atoms with Crippen molar-refractivity contribution in [1.82, 2.24) is 4.90 Å². The molecule has 3 aromatic rings. The lowest BCUT2D eigenvalue weighted by Gasteiger charge is -2.36. The van der Waals surface area contributed by atoms with Crippen LogP contribution < -0.4 is 0 Å². The van der Waals surface area contributed by atoms with Crippen LogP contribution in [0.4, 0.5) is 0 Å². The molecule has 3 nitrogen and oxygen atoms in total. The quantitative estimate of drug-likeness (QED) is 0.506. The van der Waals surface area contributed by atoms with E-state index < -0.39 is 11.5 Å². The van der Waals surface area contributed by atoms with E-state index >= 15 is 0 Å². The number of carboxylic acids is 1. The van der Waals surface area contributed by atoms with Crippen molar-refractivity contribution >= 4 is 5.97 Å². The molecule has 0 aliphatic carbocycles. The number of hydrogen-bond donors (Lipinski definition) is 1. The zero-order chi connectivity index (χ0) is 20.5. The Morgan fingerprint density at radius 2 is 1.21 bits per heavy atom. The van der Waals surface area contributed by atoms with Gasteiger partial charge >= 0.3 is 5.97 Å². The van der Waals surface area contributed by atoms with Gasteiger partial charge in [-0.1, -0.05) is 103 Å². The van der Waals surface area contributed by atoms with Crippen LogP contribution >= 0.6 is 0 Å². The van der Waals surface area contributed by atoms with Crippen LogP contribution in [0.3, 0.4) is 0 Å². The molecular formula is C26H27NO2. The third kappa shape index (κ3) is 5.66. The maximum atomic E-state index is 12.4. The second-order valence-electron chi connectivity index (χ2n) is 7.37. The maximum Gasteiger partial charge on any atom is 0.327 e. The molecule has 3 aromatic carbocycles. The summed E-state index contributed by atoms with van der Waals surface area (Å²) in [4.78, 5) is 14.4. The molecule has 29 heavy (non-hydrogen) atoms. The number of allylic oxidation sites excluding steroid dienone is 1. The van der Waals surface area contributed by atoms with Gasteiger partial charge in [-0.15, -0.1) is 0 Å². The van der Waals surface area contributed by atoms with Crippen LogP contribution in [-0.4, -0.2) is 21.5 Å². The molecule has 1 atom stereocenters. The molecule has 0 spiro atoms. The minimum Gasteiger partial charge on any atom is -0.480 e. The smallest absolute Gasteiger partial charge is 0.327 e. The minimum atomic E-state index is -1.12. The molecule has 0 saturated carbocycles. The summed E-state index contributed by atoms with van der Waals surface area (Å²) in [5.41, 5.74) is 2.22. The average Bonchev–Trinajstić information content (AvgIpc) is 2.75. The summed E-state index contributed by atoms with van der Waals surface area (Å²) in [6, 6.07) is 30.1. The van der Waals surface area contributed by atoms with E-state index in [2.05, 4.69) is 0 Å². The average molecular weight is 386 g/mol. The van der Waals surface area contributed by atoms with E-state index in [1.54, 1.807) is 6.92 Å². The van der Waals surface area contributed by atoms with E-state index in [9.17, 15) is 9.90 Å². The van der Waals surface area contributed by atoms with Crippen LogP contribution in [0.1, 0.15) is 23.6 Å². The van der Waals surface area contributed by atoms with Crippen molar-refractivity contribution in [1.29, 1.82) is 0 Å². The summed E-state index contributed by atoms with van der Waals surface area (Å²) in [5.74, 6) is -0.853. The lowest BCUT2D eigenvalue weighted by atomic mass is 9.96. The highest BCUT2D eigenvalue weighted by molar-refractivity contribution is 5.81. The van der Waals surface area contributed by atoms with Gasteiger partial charge in [0, 0.05) is 13.1 Å². The molecule has 3 heteroatoms. The third-order valence-corrected chi connectivity index (χ3v) is 5.16. The number of carboxylic acid groups (broad SMARTS) is 1. The molecule has 148 valence electrons. The van der Waals surface area contributed by atoms with Gasteiger partial charge in [0.15, 0.2) is 0 Å². The second kappa shape index (κ2) is 9.85. The molecule has 0 aliphatic heterocycles. The second-order valence-corrected chi connectivity index (χ2v) is 7.37. The van der Waals surface area contributed by atoms with Crippen molar-refractivity contribution in [2.24, 2.45) is 0 Å². The van der Waals surface area contributed by atoms with Crippen LogP contribution in [0.25, 0.3) is 0 Å². The summed E-state index contributed by atoms with van der Waals surface area (Å²) in [5, 5.41) is 10.2. The summed E-state index contributed by atoms with van der Waals surface area (Å²) in [6.07, 6.45) is 4.49. The first kappa shape index (κ1) is 20.6. The molecule has 0 saturated heterocycles. The zero-order valence-electron chi connectivity index (χ0n) is 16.7. The maximum absolute atomic E-state index is 12.4. The van der Waals surface area contributed by atoms with Gasteiger partial charge in [0.05, 0.1) is 0 Å². The Labute approximate surface area is 172 Å². The molecule has 3 rings (SSSR count). The Bertz CT molecular complexity index is 881. The van der Waals surface area contributed by atoms with Gasteiger partial charge < -0.3 is 5.11 Å².